The number of rotatable bonds is 2. The number of methoxy groups -OCH3 is 1. The summed E-state index contributed by atoms with van der Waals surface area (Å²) in [5.41, 5.74) is 1.16. The molecular formula is C16H26Cl2N2O2. The Morgan fingerprint density at radius 1 is 1.23 bits per heavy atom. The number of hydrogen-bond acceptors (Lipinski definition) is 4. The van der Waals surface area contributed by atoms with Crippen molar-refractivity contribution in [1.29, 1.82) is 0 Å². The van der Waals surface area contributed by atoms with Crippen LogP contribution in [-0.4, -0.2) is 43.8 Å². The van der Waals surface area contributed by atoms with Crippen molar-refractivity contribution in [2.24, 2.45) is 0 Å². The van der Waals surface area contributed by atoms with Crippen LogP contribution in [0.5, 0.6) is 11.5 Å². The third kappa shape index (κ3) is 3.99. The summed E-state index contributed by atoms with van der Waals surface area (Å²) in [5, 5.41) is 3.42. The van der Waals surface area contributed by atoms with Gasteiger partial charge in [0.15, 0.2) is 0 Å². The predicted octanol–water partition coefficient (Wildman–Crippen LogP) is 3.05. The van der Waals surface area contributed by atoms with Crippen LogP contribution >= 0.6 is 24.8 Å². The molecule has 1 atom stereocenters. The maximum absolute atomic E-state index is 6.14. The van der Waals surface area contributed by atoms with E-state index < -0.39 is 0 Å². The second-order valence-electron chi connectivity index (χ2n) is 6.27. The molecule has 4 nitrogen and oxygen atoms in total. The minimum absolute atomic E-state index is 0. The average molecular weight is 349 g/mol. The Bertz CT molecular complexity index is 491. The predicted molar refractivity (Wildman–Crippen MR) is 94.0 cm³/mol. The maximum Gasteiger partial charge on any atom is 0.125 e. The number of piperazine rings is 1. The van der Waals surface area contributed by atoms with Crippen LogP contribution < -0.4 is 14.8 Å². The molecule has 1 unspecified atom stereocenters. The summed E-state index contributed by atoms with van der Waals surface area (Å²) >= 11 is 0. The molecule has 6 heteroatoms. The van der Waals surface area contributed by atoms with Gasteiger partial charge in [-0.25, -0.2) is 0 Å². The number of nitrogens with zero attached hydrogens (tertiary/aromatic N) is 1. The van der Waals surface area contributed by atoms with Gasteiger partial charge in [0, 0.05) is 44.2 Å². The first-order valence-electron chi connectivity index (χ1n) is 7.41. The first kappa shape index (κ1) is 19.4. The van der Waals surface area contributed by atoms with E-state index in [1.54, 1.807) is 7.11 Å². The lowest BCUT2D eigenvalue weighted by molar-refractivity contribution is 0.0258. The van der Waals surface area contributed by atoms with Crippen LogP contribution in [0, 0.1) is 0 Å². The molecule has 0 radical (unpaired) electrons. The first-order valence-corrected chi connectivity index (χ1v) is 7.41. The van der Waals surface area contributed by atoms with Crippen molar-refractivity contribution in [3.8, 4) is 11.5 Å². The molecule has 1 fully saturated rings. The molecule has 2 aliphatic heterocycles. The molecule has 0 saturated carbocycles. The molecule has 0 aliphatic carbocycles. The molecule has 1 saturated heterocycles. The lowest BCUT2D eigenvalue weighted by Crippen LogP contribution is -2.48. The minimum Gasteiger partial charge on any atom is -0.497 e. The van der Waals surface area contributed by atoms with Crippen molar-refractivity contribution < 1.29 is 9.47 Å². The summed E-state index contributed by atoms with van der Waals surface area (Å²) in [6.45, 7) is 8.67. The molecule has 0 spiro atoms. The molecular weight excluding hydrogens is 323 g/mol. The SMILES string of the molecule is COc1ccc2c(c1)C(N1CCNCC1)CC(C)(C)O2.Cl.Cl. The zero-order valence-electron chi connectivity index (χ0n) is 13.4. The molecule has 0 amide bonds. The van der Waals surface area contributed by atoms with Gasteiger partial charge in [0.05, 0.1) is 7.11 Å². The third-order valence-corrected chi connectivity index (χ3v) is 4.24. The van der Waals surface area contributed by atoms with Gasteiger partial charge in [-0.15, -0.1) is 24.8 Å². The van der Waals surface area contributed by atoms with Crippen LogP contribution in [0.2, 0.25) is 0 Å². The van der Waals surface area contributed by atoms with Crippen molar-refractivity contribution in [3.05, 3.63) is 23.8 Å². The molecule has 0 aromatic heterocycles. The monoisotopic (exact) mass is 348 g/mol. The zero-order chi connectivity index (χ0) is 14.2. The van der Waals surface area contributed by atoms with Gasteiger partial charge in [0.25, 0.3) is 0 Å². The van der Waals surface area contributed by atoms with E-state index in [2.05, 4.69) is 30.1 Å². The van der Waals surface area contributed by atoms with Crippen LogP contribution in [-0.2, 0) is 0 Å². The van der Waals surface area contributed by atoms with Gasteiger partial charge in [0.1, 0.15) is 17.1 Å². The Hall–Kier alpha value is -0.680. The number of halogens is 2. The Labute approximate surface area is 145 Å². The molecule has 126 valence electrons. The smallest absolute Gasteiger partial charge is 0.125 e. The second kappa shape index (κ2) is 7.73. The molecule has 0 bridgehead atoms. The minimum atomic E-state index is -0.114. The fourth-order valence-electron chi connectivity index (χ4n) is 3.24. The van der Waals surface area contributed by atoms with Gasteiger partial charge < -0.3 is 14.8 Å². The molecule has 1 aromatic rings. The van der Waals surface area contributed by atoms with Gasteiger partial charge in [-0.05, 0) is 32.0 Å². The van der Waals surface area contributed by atoms with Gasteiger partial charge in [0.2, 0.25) is 0 Å². The highest BCUT2D eigenvalue weighted by Crippen LogP contribution is 2.43. The lowest BCUT2D eigenvalue weighted by atomic mass is 9.88. The van der Waals surface area contributed by atoms with Crippen molar-refractivity contribution in [2.75, 3.05) is 33.3 Å². The van der Waals surface area contributed by atoms with E-state index in [9.17, 15) is 0 Å². The second-order valence-corrected chi connectivity index (χ2v) is 6.27. The Morgan fingerprint density at radius 3 is 2.55 bits per heavy atom. The number of benzene rings is 1. The van der Waals surface area contributed by atoms with Crippen LogP contribution in [0.25, 0.3) is 0 Å². The maximum atomic E-state index is 6.14. The van der Waals surface area contributed by atoms with Crippen LogP contribution in [0.4, 0.5) is 0 Å². The van der Waals surface area contributed by atoms with E-state index in [0.29, 0.717) is 6.04 Å². The van der Waals surface area contributed by atoms with Crippen LogP contribution in [0.1, 0.15) is 31.9 Å². The first-order chi connectivity index (χ1) is 9.59. The van der Waals surface area contributed by atoms with Gasteiger partial charge in [-0.1, -0.05) is 0 Å². The fraction of sp³-hybridized carbons (Fsp3) is 0.625. The number of nitrogens with one attached hydrogen (secondary N) is 1. The van der Waals surface area contributed by atoms with Gasteiger partial charge in [-0.2, -0.15) is 0 Å². The molecule has 3 rings (SSSR count). The molecule has 1 aromatic carbocycles. The van der Waals surface area contributed by atoms with Crippen molar-refractivity contribution in [2.45, 2.75) is 31.9 Å². The normalized spacial score (nSPS) is 23.3. The summed E-state index contributed by atoms with van der Waals surface area (Å²) in [6, 6.07) is 6.59. The molecule has 2 aliphatic rings. The van der Waals surface area contributed by atoms with Crippen molar-refractivity contribution >= 4 is 24.8 Å². The highest BCUT2D eigenvalue weighted by atomic mass is 35.5. The topological polar surface area (TPSA) is 33.7 Å². The average Bonchev–Trinajstić information content (AvgIpc) is 2.46. The standard InChI is InChI=1S/C16H24N2O2.2ClH/c1-16(2)11-14(18-8-6-17-7-9-18)13-10-12(19-3)4-5-15(13)20-16;;/h4-5,10,14,17H,6-9,11H2,1-3H3;2*1H. The van der Waals surface area contributed by atoms with Crippen molar-refractivity contribution in [3.63, 3.8) is 0 Å². The summed E-state index contributed by atoms with van der Waals surface area (Å²) in [7, 11) is 1.72. The molecule has 2 heterocycles. The number of fused-ring (bicyclic) bond motifs is 1. The lowest BCUT2D eigenvalue weighted by Gasteiger charge is -2.44. The third-order valence-electron chi connectivity index (χ3n) is 4.24. The highest BCUT2D eigenvalue weighted by molar-refractivity contribution is 5.85. The summed E-state index contributed by atoms with van der Waals surface area (Å²) in [4.78, 5) is 2.57. The molecule has 22 heavy (non-hydrogen) atoms. The van der Waals surface area contributed by atoms with Crippen LogP contribution in [0.15, 0.2) is 18.2 Å². The van der Waals surface area contributed by atoms with Crippen molar-refractivity contribution in [1.82, 2.24) is 10.2 Å². The summed E-state index contributed by atoms with van der Waals surface area (Å²) in [5.74, 6) is 1.91. The summed E-state index contributed by atoms with van der Waals surface area (Å²) in [6.07, 6.45) is 1.02. The van der Waals surface area contributed by atoms with E-state index >= 15 is 0 Å². The fourth-order valence-corrected chi connectivity index (χ4v) is 3.24. The Morgan fingerprint density at radius 2 is 1.91 bits per heavy atom. The Balaban J connectivity index is 0.00000121. The van der Waals surface area contributed by atoms with Gasteiger partial charge in [-0.3, -0.25) is 4.90 Å². The quantitative estimate of drug-likeness (QED) is 0.890. The van der Waals surface area contributed by atoms with E-state index in [1.165, 1.54) is 5.56 Å². The highest BCUT2D eigenvalue weighted by Gasteiger charge is 2.37. The summed E-state index contributed by atoms with van der Waals surface area (Å²) < 4.78 is 11.5. The van der Waals surface area contributed by atoms with Gasteiger partial charge >= 0.3 is 0 Å². The Kier molecular flexibility index (Phi) is 6.81. The van der Waals surface area contributed by atoms with E-state index in [-0.39, 0.29) is 30.4 Å². The van der Waals surface area contributed by atoms with E-state index in [4.69, 9.17) is 9.47 Å². The zero-order valence-corrected chi connectivity index (χ0v) is 15.1. The largest absolute Gasteiger partial charge is 0.497 e. The van der Waals surface area contributed by atoms with E-state index in [0.717, 1.165) is 44.1 Å². The van der Waals surface area contributed by atoms with Crippen LogP contribution in [0.3, 0.4) is 0 Å². The number of hydrogen-bond donors (Lipinski definition) is 1. The van der Waals surface area contributed by atoms with E-state index in [1.807, 2.05) is 12.1 Å². The molecule has 1 N–H and O–H groups in total. The number of ether oxygens (including phenoxy) is 2.